The van der Waals surface area contributed by atoms with Gasteiger partial charge in [-0.25, -0.2) is 0 Å². The van der Waals surface area contributed by atoms with Gasteiger partial charge in [-0.3, -0.25) is 4.98 Å². The second-order valence-corrected chi connectivity index (χ2v) is 3.50. The van der Waals surface area contributed by atoms with E-state index in [0.29, 0.717) is 6.54 Å². The molecule has 2 aromatic rings. The summed E-state index contributed by atoms with van der Waals surface area (Å²) >= 11 is 0. The van der Waals surface area contributed by atoms with Crippen LogP contribution < -0.4 is 10.5 Å². The molecular formula is C12H14N2O. The third-order valence-corrected chi connectivity index (χ3v) is 2.44. The van der Waals surface area contributed by atoms with Crippen LogP contribution in [0.3, 0.4) is 0 Å². The lowest BCUT2D eigenvalue weighted by molar-refractivity contribution is 0.415. The number of methoxy groups -OCH3 is 1. The molecule has 0 unspecified atom stereocenters. The van der Waals surface area contributed by atoms with Crippen LogP contribution in [-0.4, -0.2) is 12.1 Å². The second-order valence-electron chi connectivity index (χ2n) is 3.50. The van der Waals surface area contributed by atoms with E-state index in [1.165, 1.54) is 0 Å². The maximum Gasteiger partial charge on any atom is 0.119 e. The van der Waals surface area contributed by atoms with Gasteiger partial charge in [0.1, 0.15) is 5.75 Å². The minimum Gasteiger partial charge on any atom is -0.497 e. The quantitative estimate of drug-likeness (QED) is 0.810. The molecule has 2 N–H and O–H groups in total. The Morgan fingerprint density at radius 2 is 2.13 bits per heavy atom. The number of hydrogen-bond donors (Lipinski definition) is 1. The van der Waals surface area contributed by atoms with E-state index in [4.69, 9.17) is 10.5 Å². The average Bonchev–Trinajstić information content (AvgIpc) is 2.26. The van der Waals surface area contributed by atoms with Crippen molar-refractivity contribution in [3.63, 3.8) is 0 Å². The van der Waals surface area contributed by atoms with Crippen LogP contribution >= 0.6 is 0 Å². The van der Waals surface area contributed by atoms with Crippen LogP contribution in [0.4, 0.5) is 0 Å². The molecule has 0 atom stereocenters. The predicted molar refractivity (Wildman–Crippen MR) is 60.9 cm³/mol. The fourth-order valence-electron chi connectivity index (χ4n) is 1.74. The number of aromatic nitrogens is 1. The van der Waals surface area contributed by atoms with Gasteiger partial charge in [0.25, 0.3) is 0 Å². The molecule has 15 heavy (non-hydrogen) atoms. The number of pyridine rings is 1. The van der Waals surface area contributed by atoms with Gasteiger partial charge in [-0.05, 0) is 36.6 Å². The summed E-state index contributed by atoms with van der Waals surface area (Å²) in [6, 6.07) is 7.97. The van der Waals surface area contributed by atoms with Gasteiger partial charge in [0.2, 0.25) is 0 Å². The molecule has 2 rings (SSSR count). The minimum absolute atomic E-state index is 0.463. The molecule has 1 aromatic heterocycles. The molecular weight excluding hydrogens is 188 g/mol. The molecule has 0 fully saturated rings. The summed E-state index contributed by atoms with van der Waals surface area (Å²) in [6.07, 6.45) is 0. The highest BCUT2D eigenvalue weighted by Gasteiger charge is 2.03. The summed E-state index contributed by atoms with van der Waals surface area (Å²) < 4.78 is 5.18. The summed E-state index contributed by atoms with van der Waals surface area (Å²) in [5, 5.41) is 2.23. The Morgan fingerprint density at radius 3 is 2.80 bits per heavy atom. The van der Waals surface area contributed by atoms with Gasteiger partial charge in [-0.2, -0.15) is 0 Å². The van der Waals surface area contributed by atoms with Crippen LogP contribution in [0.2, 0.25) is 0 Å². The smallest absolute Gasteiger partial charge is 0.119 e. The maximum absolute atomic E-state index is 5.66. The number of nitrogens with zero attached hydrogens (tertiary/aromatic N) is 1. The Balaban J connectivity index is 2.72. The molecule has 0 aliphatic carbocycles. The summed E-state index contributed by atoms with van der Waals surface area (Å²) in [7, 11) is 1.67. The Kier molecular flexibility index (Phi) is 2.56. The number of hydrogen-bond acceptors (Lipinski definition) is 3. The Hall–Kier alpha value is -1.61. The van der Waals surface area contributed by atoms with Crippen LogP contribution in [0.15, 0.2) is 24.3 Å². The number of rotatable bonds is 2. The first-order valence-corrected chi connectivity index (χ1v) is 4.89. The van der Waals surface area contributed by atoms with Crippen LogP contribution in [0.5, 0.6) is 5.75 Å². The number of fused-ring (bicyclic) bond motifs is 1. The number of ether oxygens (including phenoxy) is 1. The first kappa shape index (κ1) is 9.93. The van der Waals surface area contributed by atoms with Gasteiger partial charge in [0, 0.05) is 17.6 Å². The van der Waals surface area contributed by atoms with E-state index in [2.05, 4.69) is 4.98 Å². The zero-order chi connectivity index (χ0) is 10.8. The number of nitrogens with two attached hydrogens (primary N) is 1. The second kappa shape index (κ2) is 3.87. The molecule has 0 radical (unpaired) electrons. The predicted octanol–water partition coefficient (Wildman–Crippen LogP) is 2.01. The van der Waals surface area contributed by atoms with Crippen molar-refractivity contribution in [3.8, 4) is 5.75 Å². The summed E-state index contributed by atoms with van der Waals surface area (Å²) in [5.41, 5.74) is 7.58. The zero-order valence-electron chi connectivity index (χ0n) is 8.95. The first-order chi connectivity index (χ1) is 7.24. The lowest BCUT2D eigenvalue weighted by Crippen LogP contribution is -2.01. The molecule has 0 aliphatic heterocycles. The van der Waals surface area contributed by atoms with Crippen LogP contribution in [0.25, 0.3) is 10.8 Å². The Bertz CT molecular complexity index is 494. The van der Waals surface area contributed by atoms with E-state index in [1.807, 2.05) is 31.2 Å². The van der Waals surface area contributed by atoms with E-state index in [0.717, 1.165) is 27.9 Å². The topological polar surface area (TPSA) is 48.1 Å². The van der Waals surface area contributed by atoms with Gasteiger partial charge in [0.15, 0.2) is 0 Å². The molecule has 0 bridgehead atoms. The van der Waals surface area contributed by atoms with Crippen molar-refractivity contribution in [1.29, 1.82) is 0 Å². The SMILES string of the molecule is COc1ccc2c(CN)nc(C)cc2c1. The number of benzene rings is 1. The van der Waals surface area contributed by atoms with Crippen molar-refractivity contribution < 1.29 is 4.74 Å². The van der Waals surface area contributed by atoms with Gasteiger partial charge in [-0.15, -0.1) is 0 Å². The van der Waals surface area contributed by atoms with E-state index in [-0.39, 0.29) is 0 Å². The van der Waals surface area contributed by atoms with E-state index < -0.39 is 0 Å². The third kappa shape index (κ3) is 1.78. The van der Waals surface area contributed by atoms with Gasteiger partial charge < -0.3 is 10.5 Å². The van der Waals surface area contributed by atoms with Gasteiger partial charge >= 0.3 is 0 Å². The van der Waals surface area contributed by atoms with E-state index in [1.54, 1.807) is 7.11 Å². The summed E-state index contributed by atoms with van der Waals surface area (Å²) in [6.45, 7) is 2.43. The molecule has 0 saturated carbocycles. The standard InChI is InChI=1S/C12H14N2O/c1-8-5-9-6-10(15-2)3-4-11(9)12(7-13)14-8/h3-6H,7,13H2,1-2H3. The van der Waals surface area contributed by atoms with Crippen LogP contribution in [0, 0.1) is 6.92 Å². The molecule has 1 heterocycles. The van der Waals surface area contributed by atoms with Crippen LogP contribution in [0.1, 0.15) is 11.4 Å². The van der Waals surface area contributed by atoms with Crippen molar-refractivity contribution in [3.05, 3.63) is 35.7 Å². The molecule has 0 amide bonds. The molecule has 3 heteroatoms. The first-order valence-electron chi connectivity index (χ1n) is 4.89. The summed E-state index contributed by atoms with van der Waals surface area (Å²) in [5.74, 6) is 0.857. The highest BCUT2D eigenvalue weighted by molar-refractivity contribution is 5.86. The molecule has 0 aliphatic rings. The minimum atomic E-state index is 0.463. The number of aryl methyl sites for hydroxylation is 1. The molecule has 1 aromatic carbocycles. The van der Waals surface area contributed by atoms with E-state index in [9.17, 15) is 0 Å². The lowest BCUT2D eigenvalue weighted by Gasteiger charge is -2.07. The van der Waals surface area contributed by atoms with Crippen LogP contribution in [-0.2, 0) is 6.54 Å². The Morgan fingerprint density at radius 1 is 1.33 bits per heavy atom. The van der Waals surface area contributed by atoms with Gasteiger partial charge in [-0.1, -0.05) is 0 Å². The average molecular weight is 202 g/mol. The third-order valence-electron chi connectivity index (χ3n) is 2.44. The fourth-order valence-corrected chi connectivity index (χ4v) is 1.74. The maximum atomic E-state index is 5.66. The highest BCUT2D eigenvalue weighted by Crippen LogP contribution is 2.23. The fraction of sp³-hybridized carbons (Fsp3) is 0.250. The largest absolute Gasteiger partial charge is 0.497 e. The highest BCUT2D eigenvalue weighted by atomic mass is 16.5. The van der Waals surface area contributed by atoms with Gasteiger partial charge in [0.05, 0.1) is 12.8 Å². The molecule has 0 saturated heterocycles. The monoisotopic (exact) mass is 202 g/mol. The van der Waals surface area contributed by atoms with Crippen molar-refractivity contribution in [2.75, 3.05) is 7.11 Å². The van der Waals surface area contributed by atoms with Crippen molar-refractivity contribution >= 4 is 10.8 Å². The van der Waals surface area contributed by atoms with Crippen molar-refractivity contribution in [1.82, 2.24) is 4.98 Å². The van der Waals surface area contributed by atoms with E-state index >= 15 is 0 Å². The normalized spacial score (nSPS) is 10.6. The van der Waals surface area contributed by atoms with Crippen molar-refractivity contribution in [2.24, 2.45) is 5.73 Å². The van der Waals surface area contributed by atoms with Crippen molar-refractivity contribution in [2.45, 2.75) is 13.5 Å². The molecule has 0 spiro atoms. The summed E-state index contributed by atoms with van der Waals surface area (Å²) in [4.78, 5) is 4.41. The lowest BCUT2D eigenvalue weighted by atomic mass is 10.1. The molecule has 78 valence electrons. The Labute approximate surface area is 88.9 Å². The zero-order valence-corrected chi connectivity index (χ0v) is 8.95. The molecule has 3 nitrogen and oxygen atoms in total.